The molecule has 0 aliphatic rings. The van der Waals surface area contributed by atoms with Crippen LogP contribution in [0.5, 0.6) is 0 Å². The van der Waals surface area contributed by atoms with Gasteiger partial charge >= 0.3 is 0 Å². The zero-order chi connectivity index (χ0) is 18.6. The number of rotatable bonds is 7. The first-order valence-corrected chi connectivity index (χ1v) is 10.4. The Morgan fingerprint density at radius 3 is 2.50 bits per heavy atom. The molecule has 3 aromatic rings. The van der Waals surface area contributed by atoms with Gasteiger partial charge in [0.25, 0.3) is 10.0 Å². The molecule has 26 heavy (non-hydrogen) atoms. The van der Waals surface area contributed by atoms with Gasteiger partial charge in [-0.1, -0.05) is 0 Å². The number of nitrogens with one attached hydrogen (secondary N) is 1. The topological polar surface area (TPSA) is 75.2 Å². The number of nitrogens with zero attached hydrogens (tertiary/aromatic N) is 3. The van der Waals surface area contributed by atoms with Gasteiger partial charge in [-0.05, 0) is 55.3 Å². The highest BCUT2D eigenvalue weighted by Crippen LogP contribution is 2.23. The fourth-order valence-electron chi connectivity index (χ4n) is 2.39. The molecule has 3 rings (SSSR count). The second-order valence-electron chi connectivity index (χ2n) is 5.90. The minimum atomic E-state index is -3.59. The number of thiophene rings is 1. The largest absolute Gasteiger partial charge is 0.373 e. The van der Waals surface area contributed by atoms with Crippen LogP contribution in [0, 0.1) is 6.92 Å². The van der Waals surface area contributed by atoms with Gasteiger partial charge in [-0.15, -0.1) is 11.3 Å². The van der Waals surface area contributed by atoms with Crippen LogP contribution in [0.2, 0.25) is 0 Å². The van der Waals surface area contributed by atoms with Crippen molar-refractivity contribution < 1.29 is 8.42 Å². The van der Waals surface area contributed by atoms with Crippen LogP contribution in [-0.2, 0) is 16.4 Å². The third-order valence-electron chi connectivity index (χ3n) is 3.89. The minimum absolute atomic E-state index is 0.287. The maximum atomic E-state index is 12.3. The van der Waals surface area contributed by atoms with E-state index in [0.29, 0.717) is 5.82 Å². The van der Waals surface area contributed by atoms with Crippen LogP contribution in [0.1, 0.15) is 10.4 Å². The zero-order valence-corrected chi connectivity index (χ0v) is 16.2. The van der Waals surface area contributed by atoms with Crippen LogP contribution in [0.3, 0.4) is 0 Å². The van der Waals surface area contributed by atoms with Gasteiger partial charge in [-0.2, -0.15) is 0 Å². The molecule has 6 nitrogen and oxygen atoms in total. The molecule has 0 atom stereocenters. The molecule has 0 aromatic carbocycles. The second-order valence-corrected chi connectivity index (χ2v) is 9.10. The summed E-state index contributed by atoms with van der Waals surface area (Å²) in [7, 11) is -1.60. The molecule has 136 valence electrons. The van der Waals surface area contributed by atoms with Crippen molar-refractivity contribution in [2.45, 2.75) is 17.6 Å². The lowest BCUT2D eigenvalue weighted by atomic mass is 10.2. The highest BCUT2D eigenvalue weighted by atomic mass is 32.2. The van der Waals surface area contributed by atoms with Crippen LogP contribution in [0.15, 0.2) is 59.2 Å². The summed E-state index contributed by atoms with van der Waals surface area (Å²) in [5, 5.41) is 0. The molecule has 0 amide bonds. The predicted molar refractivity (Wildman–Crippen MR) is 105 cm³/mol. The molecule has 0 radical (unpaired) electrons. The fourth-order valence-corrected chi connectivity index (χ4v) is 4.68. The molecule has 8 heteroatoms. The highest BCUT2D eigenvalue weighted by molar-refractivity contribution is 7.94. The molecule has 0 saturated carbocycles. The molecular formula is C18H20N4O2S2. The number of anilines is 2. The monoisotopic (exact) mass is 388 g/mol. The van der Waals surface area contributed by atoms with E-state index < -0.39 is 10.0 Å². The van der Waals surface area contributed by atoms with Crippen molar-refractivity contribution in [3.8, 4) is 0 Å². The Kier molecular flexibility index (Phi) is 5.53. The van der Waals surface area contributed by atoms with E-state index in [1.165, 1.54) is 16.9 Å². The third kappa shape index (κ3) is 4.59. The van der Waals surface area contributed by atoms with Crippen LogP contribution in [0.4, 0.5) is 11.5 Å². The third-order valence-corrected chi connectivity index (χ3v) is 6.74. The summed E-state index contributed by atoms with van der Waals surface area (Å²) in [4.78, 5) is 11.3. The molecule has 1 N–H and O–H groups in total. The Morgan fingerprint density at radius 1 is 1.12 bits per heavy atom. The summed E-state index contributed by atoms with van der Waals surface area (Å²) >= 11 is 1.24. The first-order valence-electron chi connectivity index (χ1n) is 8.09. The lowest BCUT2D eigenvalue weighted by Gasteiger charge is -2.19. The van der Waals surface area contributed by atoms with Crippen molar-refractivity contribution in [1.82, 2.24) is 9.97 Å². The van der Waals surface area contributed by atoms with E-state index in [0.717, 1.165) is 23.5 Å². The molecule has 0 unspecified atom stereocenters. The van der Waals surface area contributed by atoms with E-state index in [1.54, 1.807) is 36.8 Å². The van der Waals surface area contributed by atoms with Crippen LogP contribution in [0.25, 0.3) is 0 Å². The van der Waals surface area contributed by atoms with E-state index in [4.69, 9.17) is 0 Å². The van der Waals surface area contributed by atoms with Crippen molar-refractivity contribution in [3.63, 3.8) is 0 Å². The van der Waals surface area contributed by atoms with Gasteiger partial charge in [-0.25, -0.2) is 13.4 Å². The molecule has 0 aliphatic heterocycles. The van der Waals surface area contributed by atoms with Crippen LogP contribution in [-0.4, -0.2) is 32.0 Å². The molecule has 3 heterocycles. The van der Waals surface area contributed by atoms with Crippen molar-refractivity contribution in [2.75, 3.05) is 23.2 Å². The molecule has 0 bridgehead atoms. The Labute approximate surface area is 157 Å². The quantitative estimate of drug-likeness (QED) is 0.672. The van der Waals surface area contributed by atoms with Gasteiger partial charge in [0.1, 0.15) is 10.0 Å². The standard InChI is InChI=1S/C18H20N4O2S2/c1-14-3-6-18(25-14)26(23,24)21-17-5-4-16(13-20-17)22(2)12-9-15-7-10-19-11-8-15/h3-8,10-11,13H,9,12H2,1-2H3,(H,20,21). The first-order chi connectivity index (χ1) is 12.4. The van der Waals surface area contributed by atoms with Gasteiger partial charge in [-0.3, -0.25) is 9.71 Å². The summed E-state index contributed by atoms with van der Waals surface area (Å²) in [5.74, 6) is 0.308. The Balaban J connectivity index is 1.62. The van der Waals surface area contributed by atoms with E-state index in [2.05, 4.69) is 19.6 Å². The summed E-state index contributed by atoms with van der Waals surface area (Å²) in [6.07, 6.45) is 6.13. The summed E-state index contributed by atoms with van der Waals surface area (Å²) < 4.78 is 27.5. The number of hydrogen-bond acceptors (Lipinski definition) is 6. The van der Waals surface area contributed by atoms with Crippen LogP contribution < -0.4 is 9.62 Å². The Hall–Kier alpha value is -2.45. The van der Waals surface area contributed by atoms with Crippen molar-refractivity contribution in [3.05, 3.63) is 65.4 Å². The number of sulfonamides is 1. The van der Waals surface area contributed by atoms with Crippen molar-refractivity contribution in [1.29, 1.82) is 0 Å². The number of pyridine rings is 2. The molecule has 0 fully saturated rings. The Bertz CT molecular complexity index is 954. The number of aromatic nitrogens is 2. The number of aryl methyl sites for hydroxylation is 1. The summed E-state index contributed by atoms with van der Waals surface area (Å²) in [6, 6.07) is 10.9. The average Bonchev–Trinajstić information content (AvgIpc) is 3.08. The summed E-state index contributed by atoms with van der Waals surface area (Å²) in [5.41, 5.74) is 2.14. The zero-order valence-electron chi connectivity index (χ0n) is 14.6. The molecule has 3 aromatic heterocycles. The van der Waals surface area contributed by atoms with Gasteiger partial charge in [0.15, 0.2) is 0 Å². The van der Waals surface area contributed by atoms with Gasteiger partial charge in [0.2, 0.25) is 0 Å². The van der Waals surface area contributed by atoms with Gasteiger partial charge in [0.05, 0.1) is 11.9 Å². The molecule has 0 saturated heterocycles. The van der Waals surface area contributed by atoms with Crippen molar-refractivity contribution >= 4 is 32.9 Å². The Morgan fingerprint density at radius 2 is 1.88 bits per heavy atom. The average molecular weight is 389 g/mol. The highest BCUT2D eigenvalue weighted by Gasteiger charge is 2.17. The van der Waals surface area contributed by atoms with E-state index in [9.17, 15) is 8.42 Å². The molecule has 0 aliphatic carbocycles. The first kappa shape index (κ1) is 18.3. The lowest BCUT2D eigenvalue weighted by Crippen LogP contribution is -2.20. The summed E-state index contributed by atoms with van der Waals surface area (Å²) in [6.45, 7) is 2.70. The van der Waals surface area contributed by atoms with Gasteiger partial charge in [0, 0.05) is 30.9 Å². The van der Waals surface area contributed by atoms with E-state index >= 15 is 0 Å². The lowest BCUT2D eigenvalue weighted by molar-refractivity contribution is 0.603. The number of likely N-dealkylation sites (N-methyl/N-ethyl adjacent to an activating group) is 1. The van der Waals surface area contributed by atoms with Crippen molar-refractivity contribution in [2.24, 2.45) is 0 Å². The van der Waals surface area contributed by atoms with Crippen LogP contribution >= 0.6 is 11.3 Å². The van der Waals surface area contributed by atoms with Gasteiger partial charge < -0.3 is 4.90 Å². The maximum Gasteiger partial charge on any atom is 0.272 e. The smallest absolute Gasteiger partial charge is 0.272 e. The maximum absolute atomic E-state index is 12.3. The van der Waals surface area contributed by atoms with E-state index in [-0.39, 0.29) is 4.21 Å². The van der Waals surface area contributed by atoms with E-state index in [1.807, 2.05) is 32.2 Å². The normalized spacial score (nSPS) is 11.3. The minimum Gasteiger partial charge on any atom is -0.373 e. The SMILES string of the molecule is Cc1ccc(S(=O)(=O)Nc2ccc(N(C)CCc3ccncc3)cn2)s1. The predicted octanol–water partition coefficient (Wildman–Crippen LogP) is 3.33. The molecular weight excluding hydrogens is 368 g/mol. The number of hydrogen-bond donors (Lipinski definition) is 1. The second kappa shape index (κ2) is 7.84. The molecule has 0 spiro atoms. The fraction of sp³-hybridized carbons (Fsp3) is 0.222.